The minimum absolute atomic E-state index is 0.0278. The Bertz CT molecular complexity index is 643. The maximum Gasteiger partial charge on any atom is 0.393 e. The number of amides is 2. The zero-order valence-electron chi connectivity index (χ0n) is 15.7. The molecule has 1 aromatic rings. The third kappa shape index (κ3) is 6.92. The van der Waals surface area contributed by atoms with E-state index in [9.17, 15) is 22.8 Å². The van der Waals surface area contributed by atoms with E-state index in [0.717, 1.165) is 0 Å². The molecular formula is C19H25F3N2O3S. The van der Waals surface area contributed by atoms with E-state index in [1.807, 2.05) is 12.3 Å². The van der Waals surface area contributed by atoms with Crippen molar-refractivity contribution >= 4 is 23.6 Å². The van der Waals surface area contributed by atoms with Gasteiger partial charge in [-0.05, 0) is 43.4 Å². The topological polar surface area (TPSA) is 58.6 Å². The van der Waals surface area contributed by atoms with Crippen LogP contribution < -0.4 is 10.1 Å². The van der Waals surface area contributed by atoms with Crippen LogP contribution in [0.1, 0.15) is 19.3 Å². The molecule has 1 aliphatic rings. The highest BCUT2D eigenvalue weighted by atomic mass is 32.2. The lowest BCUT2D eigenvalue weighted by atomic mass is 9.96. The first kappa shape index (κ1) is 22.4. The Balaban J connectivity index is 1.95. The summed E-state index contributed by atoms with van der Waals surface area (Å²) in [5.74, 6) is -1.33. The normalized spacial score (nSPS) is 18.4. The second-order valence-corrected chi connectivity index (χ2v) is 7.65. The third-order valence-corrected chi connectivity index (χ3v) is 5.20. The molecule has 1 saturated heterocycles. The number of halogens is 3. The smallest absolute Gasteiger partial charge is 0.393 e. The molecular weight excluding hydrogens is 393 g/mol. The van der Waals surface area contributed by atoms with E-state index in [2.05, 4.69) is 5.32 Å². The Morgan fingerprint density at radius 3 is 2.68 bits per heavy atom. The minimum atomic E-state index is -4.32. The van der Waals surface area contributed by atoms with E-state index in [0.29, 0.717) is 24.3 Å². The van der Waals surface area contributed by atoms with Crippen LogP contribution in [0.3, 0.4) is 0 Å². The predicted molar refractivity (Wildman–Crippen MR) is 102 cm³/mol. The van der Waals surface area contributed by atoms with Gasteiger partial charge in [0.05, 0.1) is 5.92 Å². The van der Waals surface area contributed by atoms with Crippen LogP contribution in [-0.4, -0.2) is 60.6 Å². The van der Waals surface area contributed by atoms with Gasteiger partial charge < -0.3 is 15.0 Å². The van der Waals surface area contributed by atoms with E-state index in [-0.39, 0.29) is 26.1 Å². The molecule has 1 aliphatic heterocycles. The predicted octanol–water partition coefficient (Wildman–Crippen LogP) is 3.10. The molecule has 2 atom stereocenters. The minimum Gasteiger partial charge on any atom is -0.484 e. The number of rotatable bonds is 8. The molecule has 28 heavy (non-hydrogen) atoms. The van der Waals surface area contributed by atoms with Crippen molar-refractivity contribution in [1.82, 2.24) is 10.2 Å². The molecule has 1 aromatic carbocycles. The van der Waals surface area contributed by atoms with Crippen LogP contribution in [0.15, 0.2) is 30.3 Å². The fourth-order valence-electron chi connectivity index (χ4n) is 3.06. The van der Waals surface area contributed by atoms with Crippen molar-refractivity contribution in [2.45, 2.75) is 31.5 Å². The van der Waals surface area contributed by atoms with Gasteiger partial charge in [0, 0.05) is 13.1 Å². The van der Waals surface area contributed by atoms with Gasteiger partial charge in [-0.3, -0.25) is 9.59 Å². The first-order valence-corrected chi connectivity index (χ1v) is 10.5. The number of hydrogen-bond acceptors (Lipinski definition) is 4. The number of ether oxygens (including phenoxy) is 1. The number of thioether (sulfide) groups is 1. The first-order valence-electron chi connectivity index (χ1n) is 9.13. The highest BCUT2D eigenvalue weighted by Gasteiger charge is 2.43. The number of nitrogens with one attached hydrogen (secondary N) is 1. The third-order valence-electron chi connectivity index (χ3n) is 4.55. The summed E-state index contributed by atoms with van der Waals surface area (Å²) in [6, 6.07) is 7.91. The van der Waals surface area contributed by atoms with E-state index in [1.54, 1.807) is 24.3 Å². The van der Waals surface area contributed by atoms with Crippen molar-refractivity contribution in [3.8, 4) is 5.75 Å². The first-order chi connectivity index (χ1) is 13.3. The number of benzene rings is 1. The monoisotopic (exact) mass is 418 g/mol. The summed E-state index contributed by atoms with van der Waals surface area (Å²) >= 11 is 1.50. The van der Waals surface area contributed by atoms with Gasteiger partial charge in [0.2, 0.25) is 5.91 Å². The van der Waals surface area contributed by atoms with Crippen LogP contribution in [-0.2, 0) is 9.59 Å². The zero-order valence-corrected chi connectivity index (χ0v) is 16.5. The molecule has 1 fully saturated rings. The maximum absolute atomic E-state index is 13.0. The van der Waals surface area contributed by atoms with Crippen molar-refractivity contribution in [3.05, 3.63) is 30.3 Å². The molecule has 0 radical (unpaired) electrons. The van der Waals surface area contributed by atoms with E-state index >= 15 is 0 Å². The molecule has 0 unspecified atom stereocenters. The summed E-state index contributed by atoms with van der Waals surface area (Å²) in [7, 11) is 0. The fraction of sp³-hybridized carbons (Fsp3) is 0.579. The number of carbonyl (C=O) groups is 2. The Hall–Kier alpha value is -1.90. The van der Waals surface area contributed by atoms with E-state index < -0.39 is 30.0 Å². The van der Waals surface area contributed by atoms with Crippen LogP contribution in [0.4, 0.5) is 13.2 Å². The molecule has 1 N–H and O–H groups in total. The quantitative estimate of drug-likeness (QED) is 0.705. The lowest BCUT2D eigenvalue weighted by molar-refractivity contribution is -0.188. The summed E-state index contributed by atoms with van der Waals surface area (Å²) < 4.78 is 44.4. The Kier molecular flexibility index (Phi) is 8.47. The highest BCUT2D eigenvalue weighted by molar-refractivity contribution is 7.98. The van der Waals surface area contributed by atoms with Crippen LogP contribution >= 0.6 is 11.8 Å². The molecule has 0 saturated carbocycles. The average Bonchev–Trinajstić information content (AvgIpc) is 2.69. The summed E-state index contributed by atoms with van der Waals surface area (Å²) in [5.41, 5.74) is 0. The Morgan fingerprint density at radius 1 is 1.32 bits per heavy atom. The van der Waals surface area contributed by atoms with Crippen molar-refractivity contribution in [1.29, 1.82) is 0 Å². The standard InChI is InChI=1S/C19H25F3N2O3S/c1-28-11-9-16(23-17(25)13-27-15-7-3-2-4-8-15)18(26)24-10-5-6-14(12-24)19(20,21)22/h2-4,7-8,14,16H,5-6,9-13H2,1H3,(H,23,25)/t14-,16+/m0/s1. The number of hydrogen-bond donors (Lipinski definition) is 1. The number of para-hydroxylation sites is 1. The zero-order chi connectivity index (χ0) is 20.6. The molecule has 0 aromatic heterocycles. The van der Waals surface area contributed by atoms with Gasteiger partial charge in [-0.2, -0.15) is 24.9 Å². The summed E-state index contributed by atoms with van der Waals surface area (Å²) in [6.45, 7) is -0.343. The second-order valence-electron chi connectivity index (χ2n) is 6.67. The average molecular weight is 418 g/mol. The molecule has 0 bridgehead atoms. The number of nitrogens with zero attached hydrogens (tertiary/aromatic N) is 1. The fourth-order valence-corrected chi connectivity index (χ4v) is 3.53. The molecule has 5 nitrogen and oxygen atoms in total. The maximum atomic E-state index is 13.0. The molecule has 0 spiro atoms. The number of piperidine rings is 1. The van der Waals surface area contributed by atoms with Crippen molar-refractivity contribution < 1.29 is 27.5 Å². The van der Waals surface area contributed by atoms with Gasteiger partial charge >= 0.3 is 6.18 Å². The highest BCUT2D eigenvalue weighted by Crippen LogP contribution is 2.33. The summed E-state index contributed by atoms with van der Waals surface area (Å²) in [6.07, 6.45) is -1.77. The second kappa shape index (κ2) is 10.6. The molecule has 2 amide bonds. The van der Waals surface area contributed by atoms with Crippen molar-refractivity contribution in [2.24, 2.45) is 5.92 Å². The number of carbonyl (C=O) groups excluding carboxylic acids is 2. The summed E-state index contributed by atoms with van der Waals surface area (Å²) in [5, 5.41) is 2.62. The number of alkyl halides is 3. The van der Waals surface area contributed by atoms with Gasteiger partial charge in [-0.25, -0.2) is 0 Å². The molecule has 2 rings (SSSR count). The Morgan fingerprint density at radius 2 is 2.04 bits per heavy atom. The van der Waals surface area contributed by atoms with Gasteiger partial charge in [-0.1, -0.05) is 18.2 Å². The molecule has 9 heteroatoms. The van der Waals surface area contributed by atoms with Gasteiger partial charge in [0.1, 0.15) is 11.8 Å². The van der Waals surface area contributed by atoms with Gasteiger partial charge in [-0.15, -0.1) is 0 Å². The largest absolute Gasteiger partial charge is 0.484 e. The van der Waals surface area contributed by atoms with Crippen LogP contribution in [0.25, 0.3) is 0 Å². The molecule has 0 aliphatic carbocycles. The van der Waals surface area contributed by atoms with Crippen molar-refractivity contribution in [2.75, 3.05) is 31.7 Å². The SMILES string of the molecule is CSCC[C@@H](NC(=O)COc1ccccc1)C(=O)N1CCC[C@H](C(F)(F)F)C1. The lowest BCUT2D eigenvalue weighted by Crippen LogP contribution is -2.53. The number of likely N-dealkylation sites (tertiary alicyclic amines) is 1. The summed E-state index contributed by atoms with van der Waals surface area (Å²) in [4.78, 5) is 26.2. The molecule has 1 heterocycles. The van der Waals surface area contributed by atoms with Gasteiger partial charge in [0.15, 0.2) is 6.61 Å². The van der Waals surface area contributed by atoms with Crippen LogP contribution in [0, 0.1) is 5.92 Å². The van der Waals surface area contributed by atoms with Gasteiger partial charge in [0.25, 0.3) is 5.91 Å². The molecule has 156 valence electrons. The lowest BCUT2D eigenvalue weighted by Gasteiger charge is -2.35. The van der Waals surface area contributed by atoms with E-state index in [4.69, 9.17) is 4.74 Å². The van der Waals surface area contributed by atoms with Crippen LogP contribution in [0.5, 0.6) is 5.75 Å². The van der Waals surface area contributed by atoms with E-state index in [1.165, 1.54) is 16.7 Å². The van der Waals surface area contributed by atoms with Crippen LogP contribution in [0.2, 0.25) is 0 Å². The Labute approximate surface area is 167 Å². The van der Waals surface area contributed by atoms with Crippen molar-refractivity contribution in [3.63, 3.8) is 0 Å².